The number of benzene rings is 2. The van der Waals surface area contributed by atoms with Crippen LogP contribution in [0.1, 0.15) is 34.5 Å². The van der Waals surface area contributed by atoms with Gasteiger partial charge in [0, 0.05) is 5.39 Å². The van der Waals surface area contributed by atoms with E-state index in [2.05, 4.69) is 16.4 Å². The maximum atomic E-state index is 12.2. The second-order valence-corrected chi connectivity index (χ2v) is 7.31. The molecule has 8 nitrogen and oxygen atoms in total. The van der Waals surface area contributed by atoms with Gasteiger partial charge in [0.1, 0.15) is 18.0 Å². The number of nitrogens with one attached hydrogen (secondary N) is 1. The van der Waals surface area contributed by atoms with E-state index in [0.717, 1.165) is 25.0 Å². The number of pyridine rings is 1. The highest BCUT2D eigenvalue weighted by molar-refractivity contribution is 6.04. The van der Waals surface area contributed by atoms with Gasteiger partial charge < -0.3 is 25.0 Å². The number of aliphatic carboxylic acids is 1. The highest BCUT2D eigenvalue weighted by Gasteiger charge is 2.21. The topological polar surface area (TPSA) is 118 Å². The molecule has 0 radical (unpaired) electrons. The largest absolute Gasteiger partial charge is 0.505 e. The molecule has 0 bridgehead atoms. The van der Waals surface area contributed by atoms with Crippen molar-refractivity contribution in [1.29, 1.82) is 0 Å². The van der Waals surface area contributed by atoms with Gasteiger partial charge in [0.25, 0.3) is 5.91 Å². The molecule has 0 atom stereocenters. The van der Waals surface area contributed by atoms with Crippen LogP contribution >= 0.6 is 0 Å². The summed E-state index contributed by atoms with van der Waals surface area (Å²) in [4.78, 5) is 27.0. The predicted molar refractivity (Wildman–Crippen MR) is 113 cm³/mol. The summed E-state index contributed by atoms with van der Waals surface area (Å²) in [6.45, 7) is -0.589. The van der Waals surface area contributed by atoms with Gasteiger partial charge in [-0.2, -0.15) is 0 Å². The van der Waals surface area contributed by atoms with E-state index in [0.29, 0.717) is 16.5 Å². The molecule has 8 heteroatoms. The van der Waals surface area contributed by atoms with Crippen LogP contribution in [0.3, 0.4) is 0 Å². The number of nitrogens with zero attached hydrogens (tertiary/aromatic N) is 1. The van der Waals surface area contributed by atoms with Crippen LogP contribution in [0.25, 0.3) is 10.8 Å². The number of amides is 1. The molecule has 1 aliphatic rings. The number of aryl methyl sites for hydroxylation is 1. The molecule has 3 aromatic rings. The molecular weight excluding hydrogens is 400 g/mol. The molecule has 0 aliphatic heterocycles. The summed E-state index contributed by atoms with van der Waals surface area (Å²) in [7, 11) is 1.40. The van der Waals surface area contributed by atoms with E-state index in [4.69, 9.17) is 14.6 Å². The Morgan fingerprint density at radius 2 is 1.94 bits per heavy atom. The molecule has 0 saturated heterocycles. The van der Waals surface area contributed by atoms with Gasteiger partial charge in [-0.1, -0.05) is 12.1 Å². The molecule has 1 amide bonds. The number of carbonyl (C=O) groups excluding carboxylic acids is 1. The van der Waals surface area contributed by atoms with Crippen molar-refractivity contribution in [2.45, 2.75) is 25.7 Å². The summed E-state index contributed by atoms with van der Waals surface area (Å²) in [5.41, 5.74) is 2.21. The van der Waals surface area contributed by atoms with Crippen molar-refractivity contribution in [3.05, 3.63) is 53.2 Å². The average Bonchev–Trinajstić information content (AvgIpc) is 2.78. The minimum atomic E-state index is -1.20. The van der Waals surface area contributed by atoms with Crippen LogP contribution < -0.4 is 14.8 Å². The first-order chi connectivity index (χ1) is 15.0. The number of hydrogen-bond donors (Lipinski definition) is 3. The quantitative estimate of drug-likeness (QED) is 0.557. The minimum Gasteiger partial charge on any atom is -0.505 e. The summed E-state index contributed by atoms with van der Waals surface area (Å²) >= 11 is 0. The van der Waals surface area contributed by atoms with E-state index in [-0.39, 0.29) is 17.3 Å². The number of aromatic nitrogens is 1. The fourth-order valence-corrected chi connectivity index (χ4v) is 3.83. The third-order valence-corrected chi connectivity index (χ3v) is 5.30. The number of fused-ring (bicyclic) bond motifs is 2. The third-order valence-electron chi connectivity index (χ3n) is 5.30. The van der Waals surface area contributed by atoms with Crippen molar-refractivity contribution in [3.8, 4) is 23.1 Å². The van der Waals surface area contributed by atoms with Crippen LogP contribution in [0.15, 0.2) is 36.4 Å². The molecule has 1 aromatic heterocycles. The van der Waals surface area contributed by atoms with Crippen molar-refractivity contribution in [1.82, 2.24) is 10.3 Å². The molecule has 2 aromatic carbocycles. The molecule has 4 rings (SSSR count). The van der Waals surface area contributed by atoms with Crippen LogP contribution in [-0.4, -0.2) is 40.7 Å². The summed E-state index contributed by atoms with van der Waals surface area (Å²) in [5.74, 6) is -0.899. The highest BCUT2D eigenvalue weighted by atomic mass is 16.5. The first-order valence-electron chi connectivity index (χ1n) is 9.97. The van der Waals surface area contributed by atoms with Crippen molar-refractivity contribution in [3.63, 3.8) is 0 Å². The fourth-order valence-electron chi connectivity index (χ4n) is 3.83. The molecule has 3 N–H and O–H groups in total. The number of ether oxygens (including phenoxy) is 2. The number of hydrogen-bond acceptors (Lipinski definition) is 6. The van der Waals surface area contributed by atoms with E-state index in [1.807, 2.05) is 12.1 Å². The number of carboxylic acid groups (broad SMARTS) is 1. The Balaban J connectivity index is 1.70. The fraction of sp³-hybridized carbons (Fsp3) is 0.261. The molecule has 0 saturated carbocycles. The van der Waals surface area contributed by atoms with Crippen LogP contribution in [0.5, 0.6) is 23.1 Å². The SMILES string of the molecule is COc1nc(C(=O)NCC(=O)O)c(O)c2ccc(Oc3cccc4c3CCCC4)cc12. The van der Waals surface area contributed by atoms with E-state index in [1.165, 1.54) is 24.7 Å². The number of carboxylic acids is 1. The Bertz CT molecular complexity index is 1170. The Morgan fingerprint density at radius 1 is 1.13 bits per heavy atom. The molecule has 0 spiro atoms. The number of methoxy groups -OCH3 is 1. The molecule has 0 unspecified atom stereocenters. The van der Waals surface area contributed by atoms with Crippen molar-refractivity contribution in [2.24, 2.45) is 0 Å². The lowest BCUT2D eigenvalue weighted by atomic mass is 9.91. The van der Waals surface area contributed by atoms with Crippen LogP contribution in [0, 0.1) is 0 Å². The van der Waals surface area contributed by atoms with Crippen molar-refractivity contribution >= 4 is 22.6 Å². The second-order valence-electron chi connectivity index (χ2n) is 7.31. The zero-order valence-corrected chi connectivity index (χ0v) is 17.0. The van der Waals surface area contributed by atoms with E-state index < -0.39 is 18.4 Å². The summed E-state index contributed by atoms with van der Waals surface area (Å²) < 4.78 is 11.5. The summed E-state index contributed by atoms with van der Waals surface area (Å²) in [6.07, 6.45) is 4.32. The molecule has 1 aliphatic carbocycles. The van der Waals surface area contributed by atoms with Gasteiger partial charge in [-0.15, -0.1) is 0 Å². The third kappa shape index (κ3) is 4.09. The second kappa shape index (κ2) is 8.51. The minimum absolute atomic E-state index is 0.119. The molecule has 1 heterocycles. The van der Waals surface area contributed by atoms with Gasteiger partial charge in [-0.25, -0.2) is 4.98 Å². The summed E-state index contributed by atoms with van der Waals surface area (Å²) in [6, 6.07) is 11.1. The van der Waals surface area contributed by atoms with Crippen molar-refractivity contribution < 1.29 is 29.3 Å². The normalized spacial score (nSPS) is 12.8. The summed E-state index contributed by atoms with van der Waals surface area (Å²) in [5, 5.41) is 22.3. The zero-order chi connectivity index (χ0) is 22.0. The average molecular weight is 422 g/mol. The van der Waals surface area contributed by atoms with E-state index >= 15 is 0 Å². The highest BCUT2D eigenvalue weighted by Crippen LogP contribution is 2.38. The lowest BCUT2D eigenvalue weighted by Crippen LogP contribution is -2.30. The maximum absolute atomic E-state index is 12.2. The van der Waals surface area contributed by atoms with Gasteiger partial charge in [0.2, 0.25) is 5.88 Å². The molecule has 31 heavy (non-hydrogen) atoms. The van der Waals surface area contributed by atoms with E-state index in [1.54, 1.807) is 18.2 Å². The molecule has 160 valence electrons. The lowest BCUT2D eigenvalue weighted by Gasteiger charge is -2.19. The van der Waals surface area contributed by atoms with Crippen LogP contribution in [0.2, 0.25) is 0 Å². The predicted octanol–water partition coefficient (Wildman–Crippen LogP) is 3.43. The Morgan fingerprint density at radius 3 is 2.71 bits per heavy atom. The van der Waals surface area contributed by atoms with Gasteiger partial charge in [-0.3, -0.25) is 9.59 Å². The molecule has 0 fully saturated rings. The lowest BCUT2D eigenvalue weighted by molar-refractivity contribution is -0.135. The number of aromatic hydroxyl groups is 1. The number of carbonyl (C=O) groups is 2. The van der Waals surface area contributed by atoms with Gasteiger partial charge in [-0.05, 0) is 61.1 Å². The van der Waals surface area contributed by atoms with Gasteiger partial charge >= 0.3 is 5.97 Å². The van der Waals surface area contributed by atoms with E-state index in [9.17, 15) is 14.7 Å². The Kier molecular flexibility index (Phi) is 5.62. The first kappa shape index (κ1) is 20.5. The van der Waals surface area contributed by atoms with Gasteiger partial charge in [0.15, 0.2) is 11.4 Å². The smallest absolute Gasteiger partial charge is 0.322 e. The first-order valence-corrected chi connectivity index (χ1v) is 9.97. The van der Waals surface area contributed by atoms with Crippen LogP contribution in [-0.2, 0) is 17.6 Å². The van der Waals surface area contributed by atoms with Gasteiger partial charge in [0.05, 0.1) is 12.5 Å². The number of rotatable bonds is 6. The monoisotopic (exact) mass is 422 g/mol. The van der Waals surface area contributed by atoms with Crippen LogP contribution in [0.4, 0.5) is 0 Å². The zero-order valence-electron chi connectivity index (χ0n) is 17.0. The molecular formula is C23H22N2O6. The van der Waals surface area contributed by atoms with Crippen molar-refractivity contribution in [2.75, 3.05) is 13.7 Å². The Hall–Kier alpha value is -3.81. The standard InChI is InChI=1S/C23H22N2O6/c1-30-23-17-11-14(31-18-8-4-6-13-5-2-3-7-15(13)18)9-10-16(17)21(28)20(25-23)22(29)24-12-19(26)27/h4,6,8-11,28H,2-3,5,7,12H2,1H3,(H,24,29)(H,26,27). The Labute approximate surface area is 178 Å². The maximum Gasteiger partial charge on any atom is 0.322 e.